The van der Waals surface area contributed by atoms with E-state index >= 15 is 0 Å². The van der Waals surface area contributed by atoms with Gasteiger partial charge >= 0.3 is 12.2 Å². The number of fused-ring (bicyclic) bond motifs is 1. The Morgan fingerprint density at radius 1 is 0.989 bits per heavy atom. The average Bonchev–Trinajstić information content (AvgIpc) is 1.76. The highest BCUT2D eigenvalue weighted by atomic mass is 32.1. The van der Waals surface area contributed by atoms with Crippen molar-refractivity contribution in [1.82, 2.24) is 54.8 Å². The number of nitrogens with zero attached hydrogens (tertiary/aromatic N) is 10. The summed E-state index contributed by atoms with van der Waals surface area (Å²) < 4.78 is 61.3. The fraction of sp³-hybridized carbons (Fsp3) is 0.697. The molecule has 4 aromatic rings. The van der Waals surface area contributed by atoms with E-state index in [4.69, 9.17) is 19.2 Å². The first kappa shape index (κ1) is 68.1. The van der Waals surface area contributed by atoms with Gasteiger partial charge in [-0.25, -0.2) is 14.8 Å². The van der Waals surface area contributed by atoms with Gasteiger partial charge in [0.25, 0.3) is 6.47 Å². The minimum absolute atomic E-state index is 0.0149. The molecule has 2 saturated carbocycles. The third kappa shape index (κ3) is 17.5. The topological polar surface area (TPSA) is 173 Å². The second-order valence-corrected chi connectivity index (χ2v) is 27.9. The molecule has 3 amide bonds. The molecule has 5 unspecified atom stereocenters. The zero-order valence-electron chi connectivity index (χ0n) is 54.4. The van der Waals surface area contributed by atoms with Crippen molar-refractivity contribution in [2.75, 3.05) is 124 Å². The van der Waals surface area contributed by atoms with E-state index in [2.05, 4.69) is 68.2 Å². The van der Waals surface area contributed by atoms with Gasteiger partial charge in [0.1, 0.15) is 12.8 Å². The number of carbonyl (C=O) groups is 4. The molecule has 2 N–H and O–H groups in total. The number of carbonyl (C=O) groups excluding carboxylic acids is 4. The van der Waals surface area contributed by atoms with Gasteiger partial charge in [-0.1, -0.05) is 33.8 Å². The van der Waals surface area contributed by atoms with Crippen LogP contribution in [0.25, 0.3) is 33.4 Å². The number of aromatic nitrogens is 3. The van der Waals surface area contributed by atoms with Crippen LogP contribution in [-0.2, 0) is 41.6 Å². The number of nitrogens with one attached hydrogen (secondary N) is 2. The van der Waals surface area contributed by atoms with E-state index in [0.717, 1.165) is 114 Å². The number of anilines is 1. The van der Waals surface area contributed by atoms with Crippen molar-refractivity contribution in [3.8, 4) is 22.5 Å². The van der Waals surface area contributed by atoms with Crippen LogP contribution in [0, 0.1) is 23.2 Å². The van der Waals surface area contributed by atoms with Crippen LogP contribution in [0.2, 0.25) is 0 Å². The molecule has 7 fully saturated rings. The first-order chi connectivity index (χ1) is 42.5. The average molecular weight is 1260 g/mol. The Bertz CT molecular complexity index is 2970. The van der Waals surface area contributed by atoms with Gasteiger partial charge in [0, 0.05) is 151 Å². The van der Waals surface area contributed by atoms with Crippen LogP contribution in [0.5, 0.6) is 0 Å². The number of rotatable bonds is 24. The molecule has 23 heteroatoms. The molecule has 2 aliphatic carbocycles. The number of halogens is 3. The normalized spacial score (nSPS) is 21.4. The standard InChI is InChI=1S/C34H40F3N5O3S.C27H47N5O4.C5H12N2/c1-22(44-4)31-27(14-25(16-38-31)41-11-9-40(10-12-41)24-6-7-24)32-28(15-33(2,3)19-45-21-43)26-13-23(29-17-46-20-39-29)5-8-30(26)42(32)18-34(35,36)37;1-6-31(26(35)29(5)20(4)22-7-8-22)13-21-9-11-32(14-21)24(19(2)3)25(34)28-23(16-33)15-30-17-27(18-30)10-12-36-27;1-7-5-3-2-4-6-7/h5,8,13-14,16-17,20-22,24H,6-7,9-12,15,18-19H2,1-4H3;16,19-24H,6-15,17-18H2,1-5H3,(H,28,34);6H,2-5H2,1H3. The van der Waals surface area contributed by atoms with E-state index < -0.39 is 30.3 Å². The number of piperazine rings is 1. The van der Waals surface area contributed by atoms with E-state index in [1.165, 1.54) is 61.0 Å². The maximum atomic E-state index is 14.4. The Labute approximate surface area is 529 Å². The van der Waals surface area contributed by atoms with E-state index in [1.54, 1.807) is 18.7 Å². The Hall–Kier alpha value is -5.27. The number of methoxy groups -OCH3 is 1. The molecule has 3 aromatic heterocycles. The minimum Gasteiger partial charge on any atom is -0.467 e. The van der Waals surface area contributed by atoms with Gasteiger partial charge in [-0.15, -0.1) is 11.3 Å². The van der Waals surface area contributed by atoms with Gasteiger partial charge in [-0.05, 0) is 120 Å². The van der Waals surface area contributed by atoms with E-state index in [-0.39, 0.29) is 42.1 Å². The molecule has 5 aliphatic heterocycles. The number of pyridine rings is 1. The van der Waals surface area contributed by atoms with Crippen LogP contribution < -0.4 is 15.6 Å². The number of ether oxygens (including phenoxy) is 3. The lowest BCUT2D eigenvalue weighted by Crippen LogP contribution is -2.69. The molecule has 7 aliphatic rings. The molecule has 0 radical (unpaired) electrons. The summed E-state index contributed by atoms with van der Waals surface area (Å²) in [7, 11) is 5.59. The lowest BCUT2D eigenvalue weighted by atomic mass is 9.84. The summed E-state index contributed by atoms with van der Waals surface area (Å²) >= 11 is 1.46. The molecule has 1 spiro atoms. The molecule has 5 atom stereocenters. The van der Waals surface area contributed by atoms with E-state index in [0.29, 0.717) is 71.7 Å². The summed E-state index contributed by atoms with van der Waals surface area (Å²) in [5, 5.41) is 7.78. The summed E-state index contributed by atoms with van der Waals surface area (Å²) in [6.45, 7) is 25.4. The maximum absolute atomic E-state index is 14.4. The lowest BCUT2D eigenvalue weighted by molar-refractivity contribution is -0.221. The number of thiazole rings is 1. The summed E-state index contributed by atoms with van der Waals surface area (Å²) in [6, 6.07) is 7.80. The molecule has 0 bridgehead atoms. The quantitative estimate of drug-likeness (QED) is 0.0636. The zero-order chi connectivity index (χ0) is 63.8. The number of aldehydes is 1. The van der Waals surface area contributed by atoms with E-state index in [9.17, 15) is 32.3 Å². The SMILES string of the molecule is CCN(CC1CCN(C(C(=O)NC(C=O)CN2CC3(CCO3)C2)C(C)C)C1)C(=O)N(C)C(C)C1CC1.CN1CCCCN1.COC(C)c1ncc(N2CCN(C3CC3)CC2)cc1-c1c(CC(C)(C)COC=O)c2cc(-c3cscn3)ccc2n1CC(F)(F)F. The number of hydrazine groups is 1. The molecule has 8 heterocycles. The van der Waals surface area contributed by atoms with Gasteiger partial charge in [0.2, 0.25) is 5.91 Å². The van der Waals surface area contributed by atoms with Crippen LogP contribution in [0.4, 0.5) is 23.7 Å². The lowest BCUT2D eigenvalue weighted by Gasteiger charge is -2.55. The van der Waals surface area contributed by atoms with Gasteiger partial charge in [-0.2, -0.15) is 13.2 Å². The van der Waals surface area contributed by atoms with Crippen molar-refractivity contribution < 1.29 is 46.6 Å². The third-order valence-corrected chi connectivity index (χ3v) is 19.9. The number of urea groups is 1. The molecule has 5 saturated heterocycles. The van der Waals surface area contributed by atoms with Gasteiger partial charge in [-0.3, -0.25) is 34.7 Å². The zero-order valence-corrected chi connectivity index (χ0v) is 55.2. The Kier molecular flexibility index (Phi) is 23.0. The molecule has 89 heavy (non-hydrogen) atoms. The number of hydrogen-bond donors (Lipinski definition) is 2. The largest absolute Gasteiger partial charge is 0.467 e. The predicted octanol–water partition coefficient (Wildman–Crippen LogP) is 9.00. The van der Waals surface area contributed by atoms with Crippen LogP contribution in [-0.4, -0.2) is 224 Å². The Morgan fingerprint density at radius 2 is 1.73 bits per heavy atom. The fourth-order valence-electron chi connectivity index (χ4n) is 13.7. The first-order valence-corrected chi connectivity index (χ1v) is 33.5. The summed E-state index contributed by atoms with van der Waals surface area (Å²) in [6.07, 6.45) is 7.75. The van der Waals surface area contributed by atoms with Crippen molar-refractivity contribution in [1.29, 1.82) is 0 Å². The summed E-state index contributed by atoms with van der Waals surface area (Å²) in [4.78, 5) is 71.8. The summed E-state index contributed by atoms with van der Waals surface area (Å²) in [5.74, 6) is 1.04. The fourth-order valence-corrected chi connectivity index (χ4v) is 14.3. The Morgan fingerprint density at radius 3 is 2.29 bits per heavy atom. The molecule has 492 valence electrons. The van der Waals surface area contributed by atoms with Crippen molar-refractivity contribution in [3.05, 3.63) is 52.6 Å². The molecule has 19 nitrogen and oxygen atoms in total. The number of hydrogen-bond acceptors (Lipinski definition) is 16. The Balaban J connectivity index is 0.000000195. The highest BCUT2D eigenvalue weighted by Crippen LogP contribution is 2.45. The number of benzene rings is 1. The second-order valence-electron chi connectivity index (χ2n) is 27.2. The first-order valence-electron chi connectivity index (χ1n) is 32.5. The van der Waals surface area contributed by atoms with E-state index in [1.807, 2.05) is 74.3 Å². The number of likely N-dealkylation sites (tertiary alicyclic amines) is 2. The predicted molar refractivity (Wildman–Crippen MR) is 343 cm³/mol. The van der Waals surface area contributed by atoms with Crippen molar-refractivity contribution in [2.45, 2.75) is 155 Å². The van der Waals surface area contributed by atoms with Crippen molar-refractivity contribution >= 4 is 52.6 Å². The molecular weight excluding hydrogens is 1160 g/mol. The smallest absolute Gasteiger partial charge is 0.406 e. The monoisotopic (exact) mass is 1260 g/mol. The van der Waals surface area contributed by atoms with Crippen LogP contribution in [0.1, 0.15) is 117 Å². The second kappa shape index (κ2) is 30.0. The maximum Gasteiger partial charge on any atom is 0.406 e. The van der Waals surface area contributed by atoms with Crippen LogP contribution in [0.3, 0.4) is 0 Å². The number of alkyl halides is 3. The van der Waals surface area contributed by atoms with Crippen LogP contribution >= 0.6 is 11.3 Å². The molecule has 11 rings (SSSR count). The van der Waals surface area contributed by atoms with Crippen LogP contribution in [0.15, 0.2) is 41.4 Å². The molecular formula is C66H99F3N12O7S. The van der Waals surface area contributed by atoms with Gasteiger partial charge < -0.3 is 43.6 Å². The highest BCUT2D eigenvalue weighted by Gasteiger charge is 2.49. The van der Waals surface area contributed by atoms with Gasteiger partial charge in [0.05, 0.1) is 71.5 Å². The minimum atomic E-state index is -4.49. The van der Waals surface area contributed by atoms with Gasteiger partial charge in [0.15, 0.2) is 0 Å². The molecule has 1 aromatic carbocycles. The third-order valence-electron chi connectivity index (χ3n) is 19.3. The van der Waals surface area contributed by atoms with Crippen molar-refractivity contribution in [2.24, 2.45) is 23.2 Å². The summed E-state index contributed by atoms with van der Waals surface area (Å²) in [5.41, 5.74) is 9.66. The highest BCUT2D eigenvalue weighted by molar-refractivity contribution is 7.07. The number of amides is 3. The van der Waals surface area contributed by atoms with Crippen molar-refractivity contribution in [3.63, 3.8) is 0 Å².